The number of hydrogen-bond donors (Lipinski definition) is 1. The summed E-state index contributed by atoms with van der Waals surface area (Å²) in [5, 5.41) is 12.8. The number of aromatic nitrogens is 1. The maximum absolute atomic E-state index is 12.9. The number of thioether (sulfide) groups is 1. The van der Waals surface area contributed by atoms with Crippen LogP contribution in [-0.4, -0.2) is 36.4 Å². The van der Waals surface area contributed by atoms with Gasteiger partial charge < -0.3 is 5.32 Å². The highest BCUT2D eigenvalue weighted by molar-refractivity contribution is 8.00. The number of benzene rings is 2. The van der Waals surface area contributed by atoms with Crippen molar-refractivity contribution in [3.8, 4) is 6.07 Å². The molecule has 0 bridgehead atoms. The van der Waals surface area contributed by atoms with Crippen molar-refractivity contribution in [2.24, 2.45) is 0 Å². The van der Waals surface area contributed by atoms with E-state index in [9.17, 15) is 18.5 Å². The van der Waals surface area contributed by atoms with Gasteiger partial charge in [0.1, 0.15) is 11.1 Å². The van der Waals surface area contributed by atoms with Gasteiger partial charge in [-0.15, -0.1) is 0 Å². The Hall–Kier alpha value is -3.19. The number of anilines is 1. The number of nitriles is 1. The monoisotopic (exact) mass is 494 g/mol. The van der Waals surface area contributed by atoms with Gasteiger partial charge in [0.2, 0.25) is 15.9 Å². The van der Waals surface area contributed by atoms with Gasteiger partial charge >= 0.3 is 0 Å². The Morgan fingerprint density at radius 1 is 1.06 bits per heavy atom. The van der Waals surface area contributed by atoms with E-state index in [2.05, 4.69) is 16.4 Å². The lowest BCUT2D eigenvalue weighted by Gasteiger charge is -2.17. The Labute approximate surface area is 204 Å². The lowest BCUT2D eigenvalue weighted by molar-refractivity contribution is -0.113. The summed E-state index contributed by atoms with van der Waals surface area (Å²) >= 11 is 1.20. The average molecular weight is 495 g/mol. The van der Waals surface area contributed by atoms with E-state index in [0.29, 0.717) is 16.3 Å². The molecule has 0 unspecified atom stereocenters. The van der Waals surface area contributed by atoms with Gasteiger partial charge in [0.15, 0.2) is 0 Å². The minimum Gasteiger partial charge on any atom is -0.325 e. The van der Waals surface area contributed by atoms with E-state index >= 15 is 0 Å². The highest BCUT2D eigenvalue weighted by atomic mass is 32.2. The fraction of sp³-hybridized carbons (Fsp3) is 0.240. The topological polar surface area (TPSA) is 103 Å². The van der Waals surface area contributed by atoms with Crippen molar-refractivity contribution < 1.29 is 13.2 Å². The predicted molar refractivity (Wildman–Crippen MR) is 134 cm³/mol. The number of pyridine rings is 1. The predicted octanol–water partition coefficient (Wildman–Crippen LogP) is 4.43. The molecule has 9 heteroatoms. The first kappa shape index (κ1) is 25.4. The number of carbonyl (C=O) groups excluding carboxylic acids is 1. The summed E-state index contributed by atoms with van der Waals surface area (Å²) in [7, 11) is -2.14. The zero-order chi connectivity index (χ0) is 24.9. The summed E-state index contributed by atoms with van der Waals surface area (Å²) in [6.07, 6.45) is 0. The van der Waals surface area contributed by atoms with Crippen molar-refractivity contribution in [3.05, 3.63) is 82.5 Å². The summed E-state index contributed by atoms with van der Waals surface area (Å²) < 4.78 is 27.0. The van der Waals surface area contributed by atoms with Gasteiger partial charge in [-0.25, -0.2) is 13.4 Å². The van der Waals surface area contributed by atoms with Crippen LogP contribution in [0.4, 0.5) is 5.69 Å². The van der Waals surface area contributed by atoms with Crippen LogP contribution in [0.1, 0.15) is 27.9 Å². The summed E-state index contributed by atoms with van der Waals surface area (Å²) in [6, 6.07) is 17.6. The van der Waals surface area contributed by atoms with Gasteiger partial charge in [-0.1, -0.05) is 42.1 Å². The van der Waals surface area contributed by atoms with Gasteiger partial charge in [0.25, 0.3) is 0 Å². The van der Waals surface area contributed by atoms with Crippen LogP contribution in [0.2, 0.25) is 0 Å². The largest absolute Gasteiger partial charge is 0.325 e. The maximum atomic E-state index is 12.9. The molecule has 0 atom stereocenters. The molecule has 0 aliphatic heterocycles. The van der Waals surface area contributed by atoms with E-state index in [1.165, 1.54) is 35.2 Å². The number of hydrogen-bond acceptors (Lipinski definition) is 6. The molecule has 0 aliphatic carbocycles. The Balaban J connectivity index is 1.63. The van der Waals surface area contributed by atoms with E-state index in [1.807, 2.05) is 51.1 Å². The lowest BCUT2D eigenvalue weighted by Crippen LogP contribution is -2.26. The lowest BCUT2D eigenvalue weighted by atomic mass is 10.1. The van der Waals surface area contributed by atoms with Crippen molar-refractivity contribution >= 4 is 33.4 Å². The van der Waals surface area contributed by atoms with Gasteiger partial charge in [-0.05, 0) is 61.7 Å². The van der Waals surface area contributed by atoms with Gasteiger partial charge in [-0.2, -0.15) is 9.57 Å². The van der Waals surface area contributed by atoms with Crippen LogP contribution in [0.15, 0.2) is 64.5 Å². The Morgan fingerprint density at radius 3 is 2.32 bits per heavy atom. The van der Waals surface area contributed by atoms with E-state index in [4.69, 9.17) is 0 Å². The second-order valence-corrected chi connectivity index (χ2v) is 10.9. The van der Waals surface area contributed by atoms with E-state index in [1.54, 1.807) is 12.1 Å². The Bertz CT molecular complexity index is 1330. The maximum Gasteiger partial charge on any atom is 0.243 e. The molecule has 0 spiro atoms. The molecule has 1 N–H and O–H groups in total. The van der Waals surface area contributed by atoms with Crippen LogP contribution < -0.4 is 5.32 Å². The quantitative estimate of drug-likeness (QED) is 0.465. The molecule has 1 heterocycles. The zero-order valence-corrected chi connectivity index (χ0v) is 21.1. The SMILES string of the molecule is Cc1nc(SCC(=O)Nc2ccc(S(=O)(=O)N(C)Cc3ccccc3)cc2)c(C#N)c(C)c1C. The smallest absolute Gasteiger partial charge is 0.243 e. The van der Waals surface area contributed by atoms with Crippen molar-refractivity contribution in [3.63, 3.8) is 0 Å². The van der Waals surface area contributed by atoms with Gasteiger partial charge in [-0.3, -0.25) is 4.79 Å². The molecule has 176 valence electrons. The van der Waals surface area contributed by atoms with Crippen molar-refractivity contribution in [1.29, 1.82) is 5.26 Å². The standard InChI is InChI=1S/C25H26N4O3S2/c1-17-18(2)23(14-26)25(27-19(17)3)33-16-24(30)28-21-10-12-22(13-11-21)34(31,32)29(4)15-20-8-6-5-7-9-20/h5-13H,15-16H2,1-4H3,(H,28,30). The van der Waals surface area contributed by atoms with Gasteiger partial charge in [0, 0.05) is 25.0 Å². The van der Waals surface area contributed by atoms with E-state index < -0.39 is 10.0 Å². The fourth-order valence-electron chi connectivity index (χ4n) is 3.29. The minimum atomic E-state index is -3.67. The van der Waals surface area contributed by atoms with Crippen molar-refractivity contribution in [1.82, 2.24) is 9.29 Å². The number of sulfonamides is 1. The molecule has 1 amide bonds. The summed E-state index contributed by atoms with van der Waals surface area (Å²) in [5.74, 6) is -0.202. The summed E-state index contributed by atoms with van der Waals surface area (Å²) in [6.45, 7) is 5.93. The molecule has 34 heavy (non-hydrogen) atoms. The molecule has 0 saturated heterocycles. The normalized spacial score (nSPS) is 11.3. The summed E-state index contributed by atoms with van der Waals surface area (Å²) in [4.78, 5) is 17.0. The number of aryl methyl sites for hydroxylation is 1. The third-order valence-corrected chi connectivity index (χ3v) is 8.30. The number of carbonyl (C=O) groups is 1. The van der Waals surface area contributed by atoms with Crippen LogP contribution in [0, 0.1) is 32.1 Å². The van der Waals surface area contributed by atoms with Crippen LogP contribution in [0.3, 0.4) is 0 Å². The van der Waals surface area contributed by atoms with Crippen LogP contribution in [-0.2, 0) is 21.4 Å². The van der Waals surface area contributed by atoms with Crippen molar-refractivity contribution in [2.75, 3.05) is 18.1 Å². The third kappa shape index (κ3) is 5.83. The molecule has 0 radical (unpaired) electrons. The summed E-state index contributed by atoms with van der Waals surface area (Å²) in [5.41, 5.74) is 4.52. The Kier molecular flexibility index (Phi) is 8.10. The third-order valence-electron chi connectivity index (χ3n) is 5.51. The van der Waals surface area contributed by atoms with Crippen LogP contribution >= 0.6 is 11.8 Å². The average Bonchev–Trinajstić information content (AvgIpc) is 2.82. The molecule has 0 aliphatic rings. The first-order valence-corrected chi connectivity index (χ1v) is 13.0. The Morgan fingerprint density at radius 2 is 1.71 bits per heavy atom. The second kappa shape index (κ2) is 10.8. The number of nitrogens with one attached hydrogen (secondary N) is 1. The number of nitrogens with zero attached hydrogens (tertiary/aromatic N) is 3. The molecule has 3 rings (SSSR count). The first-order valence-electron chi connectivity index (χ1n) is 10.5. The second-order valence-electron chi connectivity index (χ2n) is 7.85. The highest BCUT2D eigenvalue weighted by Crippen LogP contribution is 2.26. The number of amides is 1. The fourth-order valence-corrected chi connectivity index (χ4v) is 5.34. The molecule has 0 fully saturated rings. The zero-order valence-electron chi connectivity index (χ0n) is 19.5. The number of rotatable bonds is 8. The molecule has 7 nitrogen and oxygen atoms in total. The highest BCUT2D eigenvalue weighted by Gasteiger charge is 2.21. The van der Waals surface area contributed by atoms with E-state index in [0.717, 1.165) is 22.4 Å². The molecular weight excluding hydrogens is 468 g/mol. The van der Waals surface area contributed by atoms with E-state index in [-0.39, 0.29) is 23.1 Å². The molecule has 1 aromatic heterocycles. The first-order chi connectivity index (χ1) is 16.1. The molecular formula is C25H26N4O3S2. The molecule has 0 saturated carbocycles. The molecule has 3 aromatic rings. The molecule has 2 aromatic carbocycles. The van der Waals surface area contributed by atoms with Crippen molar-refractivity contribution in [2.45, 2.75) is 37.2 Å². The van der Waals surface area contributed by atoms with Crippen LogP contribution in [0.25, 0.3) is 0 Å². The van der Waals surface area contributed by atoms with Gasteiger partial charge in [0.05, 0.1) is 16.2 Å². The minimum absolute atomic E-state index is 0.0729. The van der Waals surface area contributed by atoms with Crippen LogP contribution in [0.5, 0.6) is 0 Å².